The third-order valence-electron chi connectivity index (χ3n) is 1.73. The van der Waals surface area contributed by atoms with E-state index in [1.54, 1.807) is 12.1 Å². The Morgan fingerprint density at radius 3 is 2.29 bits per heavy atom. The average molecular weight is 212 g/mol. The molecule has 0 aliphatic heterocycles. The first-order valence-corrected chi connectivity index (χ1v) is 6.07. The van der Waals surface area contributed by atoms with Gasteiger partial charge in [0.1, 0.15) is 0 Å². The Morgan fingerprint density at radius 2 is 1.86 bits per heavy atom. The maximum absolute atomic E-state index is 10.7. The smallest absolute Gasteiger partial charge is 0.324 e. The zero-order chi connectivity index (χ0) is 10.6. The summed E-state index contributed by atoms with van der Waals surface area (Å²) >= 11 is 0. The van der Waals surface area contributed by atoms with Gasteiger partial charge in [0, 0.05) is 0 Å². The van der Waals surface area contributed by atoms with Crippen molar-refractivity contribution in [1.29, 1.82) is 0 Å². The van der Waals surface area contributed by atoms with Gasteiger partial charge in [-0.15, -0.1) is 0 Å². The lowest BCUT2D eigenvalue weighted by molar-refractivity contribution is 0.371. The number of hydrogen-bond donors (Lipinski definition) is 2. The van der Waals surface area contributed by atoms with Gasteiger partial charge in [0.05, 0.1) is 6.16 Å². The van der Waals surface area contributed by atoms with E-state index >= 15 is 0 Å². The molecule has 1 rings (SSSR count). The highest BCUT2D eigenvalue weighted by Crippen LogP contribution is 2.38. The van der Waals surface area contributed by atoms with Gasteiger partial charge < -0.3 is 9.79 Å². The fraction of sp³-hybridized carbons (Fsp3) is 0.200. The van der Waals surface area contributed by atoms with Crippen LogP contribution < -0.4 is 0 Å². The third-order valence-corrected chi connectivity index (χ3v) is 2.50. The van der Waals surface area contributed by atoms with Gasteiger partial charge in [-0.2, -0.15) is 0 Å². The Bertz CT molecular complexity index is 361. The van der Waals surface area contributed by atoms with Gasteiger partial charge in [0.25, 0.3) is 0 Å². The molecule has 14 heavy (non-hydrogen) atoms. The number of rotatable bonds is 3. The fourth-order valence-corrected chi connectivity index (χ4v) is 1.85. The Hall–Kier alpha value is -0.890. The summed E-state index contributed by atoms with van der Waals surface area (Å²) in [6.07, 6.45) is 3.66. The predicted molar refractivity (Wildman–Crippen MR) is 56.9 cm³/mol. The van der Waals surface area contributed by atoms with Crippen LogP contribution in [0.25, 0.3) is 6.08 Å². The van der Waals surface area contributed by atoms with E-state index < -0.39 is 7.60 Å². The second kappa shape index (κ2) is 4.56. The summed E-state index contributed by atoms with van der Waals surface area (Å²) in [7, 11) is -3.94. The van der Waals surface area contributed by atoms with Crippen molar-refractivity contribution in [3.63, 3.8) is 0 Å². The van der Waals surface area contributed by atoms with E-state index in [1.165, 1.54) is 0 Å². The Labute approximate surface area is 83.3 Å². The summed E-state index contributed by atoms with van der Waals surface area (Å²) in [6.45, 7) is 1.92. The average Bonchev–Trinajstić information content (AvgIpc) is 2.06. The van der Waals surface area contributed by atoms with Gasteiger partial charge in [-0.3, -0.25) is 4.57 Å². The molecule has 0 heterocycles. The van der Waals surface area contributed by atoms with Crippen LogP contribution >= 0.6 is 7.60 Å². The molecular formula is C10H13O3P. The van der Waals surface area contributed by atoms with Gasteiger partial charge in [-0.1, -0.05) is 36.4 Å². The van der Waals surface area contributed by atoms with Crippen LogP contribution in [0.1, 0.15) is 18.1 Å². The summed E-state index contributed by atoms with van der Waals surface area (Å²) in [6, 6.07) is 7.14. The molecule has 0 aliphatic carbocycles. The highest BCUT2D eigenvalue weighted by atomic mass is 31.2. The van der Waals surface area contributed by atoms with Gasteiger partial charge in [-0.25, -0.2) is 0 Å². The number of allylic oxidation sites excluding steroid dienone is 1. The van der Waals surface area contributed by atoms with Crippen molar-refractivity contribution in [3.05, 3.63) is 41.5 Å². The fourth-order valence-electron chi connectivity index (χ4n) is 1.16. The van der Waals surface area contributed by atoms with E-state index in [2.05, 4.69) is 0 Å². The molecule has 0 aromatic heterocycles. The molecule has 0 fully saturated rings. The van der Waals surface area contributed by atoms with E-state index in [0.29, 0.717) is 5.56 Å². The first-order chi connectivity index (χ1) is 6.51. The Kier molecular flexibility index (Phi) is 3.64. The summed E-state index contributed by atoms with van der Waals surface area (Å²) in [5.74, 6) is 0. The molecule has 0 saturated carbocycles. The molecule has 0 aliphatic rings. The van der Waals surface area contributed by atoms with Gasteiger partial charge in [0.15, 0.2) is 0 Å². The van der Waals surface area contributed by atoms with Crippen LogP contribution in [0.3, 0.4) is 0 Å². The summed E-state index contributed by atoms with van der Waals surface area (Å²) in [4.78, 5) is 17.5. The minimum absolute atomic E-state index is 0.191. The van der Waals surface area contributed by atoms with Crippen LogP contribution in [-0.2, 0) is 10.7 Å². The minimum Gasteiger partial charge on any atom is -0.324 e. The molecule has 2 N–H and O–H groups in total. The zero-order valence-electron chi connectivity index (χ0n) is 7.92. The van der Waals surface area contributed by atoms with E-state index in [-0.39, 0.29) is 6.16 Å². The van der Waals surface area contributed by atoms with Gasteiger partial charge in [0.2, 0.25) is 0 Å². The first kappa shape index (κ1) is 11.2. The second-order valence-corrected chi connectivity index (χ2v) is 4.71. The number of hydrogen-bond acceptors (Lipinski definition) is 1. The summed E-state index contributed by atoms with van der Waals surface area (Å²) in [5.41, 5.74) is 1.69. The maximum atomic E-state index is 10.7. The van der Waals surface area contributed by atoms with Crippen LogP contribution in [0.2, 0.25) is 0 Å². The Balaban J connectivity index is 2.79. The van der Waals surface area contributed by atoms with Crippen LogP contribution in [0.5, 0.6) is 0 Å². The monoisotopic (exact) mass is 212 g/mol. The normalized spacial score (nSPS) is 12.2. The summed E-state index contributed by atoms with van der Waals surface area (Å²) in [5, 5.41) is 0. The van der Waals surface area contributed by atoms with Crippen molar-refractivity contribution in [2.45, 2.75) is 13.1 Å². The standard InChI is InChI=1S/C10H13O3P/c1-2-3-9-4-6-10(7-5-9)8-14(11,12)13/h2-7H,8H2,1H3,(H2,11,12,13). The van der Waals surface area contributed by atoms with Gasteiger partial charge >= 0.3 is 7.60 Å². The lowest BCUT2D eigenvalue weighted by Gasteiger charge is -2.03. The SMILES string of the molecule is CC=Cc1ccc(CP(=O)(O)O)cc1. The van der Waals surface area contributed by atoms with Crippen molar-refractivity contribution < 1.29 is 14.4 Å². The largest absolute Gasteiger partial charge is 0.329 e. The highest BCUT2D eigenvalue weighted by molar-refractivity contribution is 7.50. The van der Waals surface area contributed by atoms with E-state index in [4.69, 9.17) is 9.79 Å². The molecule has 0 unspecified atom stereocenters. The molecular weight excluding hydrogens is 199 g/mol. The second-order valence-electron chi connectivity index (χ2n) is 3.06. The molecule has 76 valence electrons. The third kappa shape index (κ3) is 3.88. The van der Waals surface area contributed by atoms with Gasteiger partial charge in [-0.05, 0) is 18.1 Å². The molecule has 3 nitrogen and oxygen atoms in total. The maximum Gasteiger partial charge on any atom is 0.329 e. The molecule has 0 radical (unpaired) electrons. The van der Waals surface area contributed by atoms with E-state index in [9.17, 15) is 4.57 Å². The molecule has 4 heteroatoms. The zero-order valence-corrected chi connectivity index (χ0v) is 8.82. The van der Waals surface area contributed by atoms with Crippen molar-refractivity contribution in [3.8, 4) is 0 Å². The molecule has 0 saturated heterocycles. The van der Waals surface area contributed by atoms with Crippen molar-refractivity contribution in [2.75, 3.05) is 0 Å². The predicted octanol–water partition coefficient (Wildman–Crippen LogP) is 2.40. The van der Waals surface area contributed by atoms with Crippen LogP contribution in [0.4, 0.5) is 0 Å². The highest BCUT2D eigenvalue weighted by Gasteiger charge is 2.13. The topological polar surface area (TPSA) is 57.5 Å². The van der Waals surface area contributed by atoms with Crippen molar-refractivity contribution in [2.24, 2.45) is 0 Å². The van der Waals surface area contributed by atoms with Crippen LogP contribution in [0.15, 0.2) is 30.3 Å². The molecule has 1 aromatic rings. The molecule has 1 aromatic carbocycles. The van der Waals surface area contributed by atoms with Crippen molar-refractivity contribution in [1.82, 2.24) is 0 Å². The molecule has 0 bridgehead atoms. The van der Waals surface area contributed by atoms with E-state index in [1.807, 2.05) is 31.2 Å². The van der Waals surface area contributed by atoms with E-state index in [0.717, 1.165) is 5.56 Å². The molecule has 0 atom stereocenters. The van der Waals surface area contributed by atoms with Crippen molar-refractivity contribution >= 4 is 13.7 Å². The minimum atomic E-state index is -3.94. The van der Waals surface area contributed by atoms with Crippen LogP contribution in [-0.4, -0.2) is 9.79 Å². The molecule has 0 spiro atoms. The summed E-state index contributed by atoms with van der Waals surface area (Å²) < 4.78 is 10.7. The van der Waals surface area contributed by atoms with Crippen LogP contribution in [0, 0.1) is 0 Å². The lowest BCUT2D eigenvalue weighted by Crippen LogP contribution is -1.86. The quantitative estimate of drug-likeness (QED) is 0.756. The lowest BCUT2D eigenvalue weighted by atomic mass is 10.1. The molecule has 0 amide bonds. The first-order valence-electron chi connectivity index (χ1n) is 4.27. The number of benzene rings is 1. The Morgan fingerprint density at radius 1 is 1.29 bits per heavy atom.